The maximum atomic E-state index is 13.0. The minimum Gasteiger partial charge on any atom is -0.459 e. The van der Waals surface area contributed by atoms with E-state index in [9.17, 15) is 4.79 Å². The summed E-state index contributed by atoms with van der Waals surface area (Å²) in [5, 5.41) is 3.60. The predicted octanol–water partition coefficient (Wildman–Crippen LogP) is 4.25. The Morgan fingerprint density at radius 2 is 1.74 bits per heavy atom. The first kappa shape index (κ1) is 20.1. The Hall–Kier alpha value is -1.62. The summed E-state index contributed by atoms with van der Waals surface area (Å²) in [6.07, 6.45) is 11.8. The summed E-state index contributed by atoms with van der Waals surface area (Å²) in [7, 11) is 0. The second-order valence-corrected chi connectivity index (χ2v) is 9.07. The van der Waals surface area contributed by atoms with Crippen LogP contribution in [0.3, 0.4) is 0 Å². The number of aromatic nitrogens is 1. The van der Waals surface area contributed by atoms with Gasteiger partial charge in [-0.05, 0) is 64.5 Å². The summed E-state index contributed by atoms with van der Waals surface area (Å²) in [6, 6.07) is 4.40. The monoisotopic (exact) mass is 373 g/mol. The van der Waals surface area contributed by atoms with Crippen LogP contribution in [-0.2, 0) is 9.53 Å². The minimum atomic E-state index is -0.425. The van der Waals surface area contributed by atoms with Gasteiger partial charge in [-0.3, -0.25) is 14.7 Å². The third kappa shape index (κ3) is 5.93. The maximum Gasteiger partial charge on any atom is 0.324 e. The van der Waals surface area contributed by atoms with E-state index < -0.39 is 5.60 Å². The summed E-state index contributed by atoms with van der Waals surface area (Å²) < 4.78 is 5.83. The molecule has 1 N–H and O–H groups in total. The van der Waals surface area contributed by atoms with Gasteiger partial charge in [-0.1, -0.05) is 19.3 Å². The molecule has 0 radical (unpaired) electrons. The van der Waals surface area contributed by atoms with Crippen molar-refractivity contribution in [1.82, 2.24) is 9.88 Å². The summed E-state index contributed by atoms with van der Waals surface area (Å²) in [5.74, 6) is 0.424. The van der Waals surface area contributed by atoms with Crippen LogP contribution in [0.2, 0.25) is 0 Å². The number of hydrogen-bond donors (Lipinski definition) is 1. The normalized spacial score (nSPS) is 21.6. The number of esters is 1. The largest absolute Gasteiger partial charge is 0.459 e. The fourth-order valence-electron chi connectivity index (χ4n) is 4.46. The first-order valence-electron chi connectivity index (χ1n) is 10.6. The third-order valence-electron chi connectivity index (χ3n) is 5.72. The highest BCUT2D eigenvalue weighted by Crippen LogP contribution is 2.32. The first-order valence-corrected chi connectivity index (χ1v) is 10.6. The Morgan fingerprint density at radius 3 is 2.33 bits per heavy atom. The third-order valence-corrected chi connectivity index (χ3v) is 5.72. The van der Waals surface area contributed by atoms with Crippen LogP contribution in [0.5, 0.6) is 0 Å². The Balaban J connectivity index is 1.62. The lowest BCUT2D eigenvalue weighted by molar-refractivity contribution is -0.165. The van der Waals surface area contributed by atoms with Gasteiger partial charge in [0.1, 0.15) is 11.6 Å². The standard InChI is InChI=1S/C22H35N3O2/c1-22(2,3)27-21(26)20(17-7-5-4-6-8-17)25-15-11-19(12-16-25)24-18-9-13-23-14-10-18/h9-10,13-14,17,19-20H,4-8,11-12,15-16H2,1-3H3,(H,23,24). The van der Waals surface area contributed by atoms with Gasteiger partial charge in [-0.15, -0.1) is 0 Å². The van der Waals surface area contributed by atoms with E-state index in [1.807, 2.05) is 45.3 Å². The Labute approximate surface area is 163 Å². The summed E-state index contributed by atoms with van der Waals surface area (Å²) in [5.41, 5.74) is 0.699. The minimum absolute atomic E-state index is 0.0186. The van der Waals surface area contributed by atoms with Crippen molar-refractivity contribution >= 4 is 11.7 Å². The van der Waals surface area contributed by atoms with Gasteiger partial charge in [-0.25, -0.2) is 0 Å². The second kappa shape index (κ2) is 9.05. The quantitative estimate of drug-likeness (QED) is 0.782. The number of likely N-dealkylation sites (tertiary alicyclic amines) is 1. The average molecular weight is 374 g/mol. The number of anilines is 1. The molecule has 1 saturated heterocycles. The van der Waals surface area contributed by atoms with Gasteiger partial charge in [0.25, 0.3) is 0 Å². The number of piperidine rings is 1. The van der Waals surface area contributed by atoms with E-state index in [0.29, 0.717) is 12.0 Å². The molecule has 2 fully saturated rings. The highest BCUT2D eigenvalue weighted by molar-refractivity contribution is 5.76. The Bertz CT molecular complexity index is 585. The summed E-state index contributed by atoms with van der Waals surface area (Å²) in [6.45, 7) is 7.79. The highest BCUT2D eigenvalue weighted by Gasteiger charge is 2.38. The number of pyridine rings is 1. The SMILES string of the molecule is CC(C)(C)OC(=O)C(C1CCCCC1)N1CCC(Nc2ccncc2)CC1. The van der Waals surface area contributed by atoms with E-state index in [0.717, 1.165) is 44.5 Å². The van der Waals surface area contributed by atoms with Crippen molar-refractivity contribution in [2.24, 2.45) is 5.92 Å². The van der Waals surface area contributed by atoms with Crippen molar-refractivity contribution in [1.29, 1.82) is 0 Å². The zero-order valence-electron chi connectivity index (χ0n) is 17.1. The van der Waals surface area contributed by atoms with Crippen LogP contribution in [-0.4, -0.2) is 46.6 Å². The molecule has 1 aliphatic heterocycles. The number of rotatable bonds is 5. The fourth-order valence-corrected chi connectivity index (χ4v) is 4.46. The molecule has 1 aromatic rings. The molecule has 1 atom stereocenters. The molecule has 1 saturated carbocycles. The van der Waals surface area contributed by atoms with E-state index in [4.69, 9.17) is 4.74 Å². The molecule has 3 rings (SSSR count). The molecule has 5 nitrogen and oxygen atoms in total. The van der Waals surface area contributed by atoms with E-state index in [1.165, 1.54) is 19.3 Å². The van der Waals surface area contributed by atoms with Gasteiger partial charge < -0.3 is 10.1 Å². The average Bonchev–Trinajstić information content (AvgIpc) is 2.64. The molecule has 27 heavy (non-hydrogen) atoms. The summed E-state index contributed by atoms with van der Waals surface area (Å²) >= 11 is 0. The molecule has 2 aliphatic rings. The van der Waals surface area contributed by atoms with E-state index in [1.54, 1.807) is 0 Å². The van der Waals surface area contributed by atoms with Crippen LogP contribution < -0.4 is 5.32 Å². The van der Waals surface area contributed by atoms with Gasteiger partial charge in [0, 0.05) is 37.2 Å². The maximum absolute atomic E-state index is 13.0. The smallest absolute Gasteiger partial charge is 0.324 e. The van der Waals surface area contributed by atoms with Crippen LogP contribution >= 0.6 is 0 Å². The molecule has 2 heterocycles. The van der Waals surface area contributed by atoms with Crippen molar-refractivity contribution in [2.45, 2.75) is 83.4 Å². The molecule has 1 unspecified atom stereocenters. The number of carbonyl (C=O) groups is 1. The first-order chi connectivity index (χ1) is 12.9. The van der Waals surface area contributed by atoms with Crippen molar-refractivity contribution in [2.75, 3.05) is 18.4 Å². The lowest BCUT2D eigenvalue weighted by Crippen LogP contribution is -2.53. The predicted molar refractivity (Wildman–Crippen MR) is 109 cm³/mol. The van der Waals surface area contributed by atoms with Gasteiger partial charge in [0.05, 0.1) is 0 Å². The van der Waals surface area contributed by atoms with Crippen molar-refractivity contribution < 1.29 is 9.53 Å². The van der Waals surface area contributed by atoms with Crippen LogP contribution in [0.25, 0.3) is 0 Å². The molecular weight excluding hydrogens is 338 g/mol. The molecule has 5 heteroatoms. The molecule has 0 aromatic carbocycles. The number of ether oxygens (including phenoxy) is 1. The number of nitrogens with zero attached hydrogens (tertiary/aromatic N) is 2. The molecule has 0 amide bonds. The van der Waals surface area contributed by atoms with Crippen LogP contribution in [0, 0.1) is 5.92 Å². The van der Waals surface area contributed by atoms with Crippen molar-refractivity contribution in [3.63, 3.8) is 0 Å². The number of nitrogens with one attached hydrogen (secondary N) is 1. The zero-order valence-corrected chi connectivity index (χ0v) is 17.1. The van der Waals surface area contributed by atoms with E-state index in [2.05, 4.69) is 15.2 Å². The van der Waals surface area contributed by atoms with Crippen LogP contribution in [0.4, 0.5) is 5.69 Å². The summed E-state index contributed by atoms with van der Waals surface area (Å²) in [4.78, 5) is 19.5. The van der Waals surface area contributed by atoms with Crippen molar-refractivity contribution in [3.05, 3.63) is 24.5 Å². The van der Waals surface area contributed by atoms with Gasteiger partial charge in [0.15, 0.2) is 0 Å². The fraction of sp³-hybridized carbons (Fsp3) is 0.727. The number of hydrogen-bond acceptors (Lipinski definition) is 5. The second-order valence-electron chi connectivity index (χ2n) is 9.07. The lowest BCUT2D eigenvalue weighted by atomic mass is 9.82. The molecule has 0 bridgehead atoms. The molecular formula is C22H35N3O2. The number of carbonyl (C=O) groups excluding carboxylic acids is 1. The van der Waals surface area contributed by atoms with E-state index >= 15 is 0 Å². The topological polar surface area (TPSA) is 54.5 Å². The van der Waals surface area contributed by atoms with Gasteiger partial charge in [-0.2, -0.15) is 0 Å². The lowest BCUT2D eigenvalue weighted by Gasteiger charge is -2.42. The highest BCUT2D eigenvalue weighted by atomic mass is 16.6. The molecule has 150 valence electrons. The van der Waals surface area contributed by atoms with Gasteiger partial charge >= 0.3 is 5.97 Å². The zero-order chi connectivity index (χ0) is 19.3. The van der Waals surface area contributed by atoms with E-state index in [-0.39, 0.29) is 12.0 Å². The van der Waals surface area contributed by atoms with Crippen molar-refractivity contribution in [3.8, 4) is 0 Å². The Kier molecular flexibility index (Phi) is 6.74. The van der Waals surface area contributed by atoms with Gasteiger partial charge in [0.2, 0.25) is 0 Å². The van der Waals surface area contributed by atoms with Crippen LogP contribution in [0.1, 0.15) is 65.7 Å². The Morgan fingerprint density at radius 1 is 1.11 bits per heavy atom. The molecule has 1 aliphatic carbocycles. The van der Waals surface area contributed by atoms with Crippen LogP contribution in [0.15, 0.2) is 24.5 Å². The molecule has 1 aromatic heterocycles. The molecule has 0 spiro atoms.